The second-order valence-corrected chi connectivity index (χ2v) is 5.77. The minimum Gasteiger partial charge on any atom is -0.381 e. The van der Waals surface area contributed by atoms with Crippen LogP contribution in [-0.2, 0) is 4.74 Å². The van der Waals surface area contributed by atoms with Crippen LogP contribution in [0.2, 0.25) is 10.0 Å². The molecular weight excluding hydrogens is 283 g/mol. The van der Waals surface area contributed by atoms with Crippen LogP contribution in [0.4, 0.5) is 0 Å². The molecule has 1 aromatic rings. The molecule has 1 aliphatic heterocycles. The van der Waals surface area contributed by atoms with E-state index >= 15 is 0 Å². The highest BCUT2D eigenvalue weighted by Gasteiger charge is 2.27. The van der Waals surface area contributed by atoms with Crippen LogP contribution in [0.3, 0.4) is 0 Å². The molecule has 5 heteroatoms. The maximum absolute atomic E-state index is 6.29. The lowest BCUT2D eigenvalue weighted by atomic mass is 9.91. The fraction of sp³-hybridized carbons (Fsp3) is 0.643. The molecule has 19 heavy (non-hydrogen) atoms. The third kappa shape index (κ3) is 4.06. The van der Waals surface area contributed by atoms with Gasteiger partial charge in [0.2, 0.25) is 0 Å². The first-order valence-corrected chi connectivity index (χ1v) is 7.60. The molecule has 0 amide bonds. The van der Waals surface area contributed by atoms with Crippen LogP contribution < -0.4 is 5.32 Å². The third-order valence-electron chi connectivity index (χ3n) is 3.41. The number of nitrogens with one attached hydrogen (secondary N) is 1. The fourth-order valence-corrected chi connectivity index (χ4v) is 2.97. The van der Waals surface area contributed by atoms with Crippen molar-refractivity contribution in [1.82, 2.24) is 10.3 Å². The Kier molecular flexibility index (Phi) is 5.89. The van der Waals surface area contributed by atoms with E-state index in [1.54, 1.807) is 12.3 Å². The van der Waals surface area contributed by atoms with Crippen molar-refractivity contribution in [2.75, 3.05) is 19.8 Å². The van der Waals surface area contributed by atoms with Crippen molar-refractivity contribution in [2.45, 2.75) is 32.2 Å². The largest absolute Gasteiger partial charge is 0.381 e. The van der Waals surface area contributed by atoms with Crippen molar-refractivity contribution in [2.24, 2.45) is 5.92 Å². The molecule has 1 fully saturated rings. The van der Waals surface area contributed by atoms with Crippen LogP contribution in [0, 0.1) is 5.92 Å². The zero-order valence-corrected chi connectivity index (χ0v) is 12.7. The second-order valence-electron chi connectivity index (χ2n) is 4.93. The third-order valence-corrected chi connectivity index (χ3v) is 3.92. The Morgan fingerprint density at radius 1 is 1.53 bits per heavy atom. The molecule has 3 nitrogen and oxygen atoms in total. The Bertz CT molecular complexity index is 408. The summed E-state index contributed by atoms with van der Waals surface area (Å²) in [5, 5.41) is 4.75. The van der Waals surface area contributed by atoms with Crippen LogP contribution in [0.1, 0.15) is 37.9 Å². The molecule has 106 valence electrons. The number of ether oxygens (including phenoxy) is 1. The van der Waals surface area contributed by atoms with Crippen molar-refractivity contribution in [1.29, 1.82) is 0 Å². The molecule has 0 aliphatic carbocycles. The Balaban J connectivity index is 2.19. The molecule has 1 N–H and O–H groups in total. The predicted octanol–water partition coefficient (Wildman–Crippen LogP) is 3.86. The number of rotatable bonds is 5. The van der Waals surface area contributed by atoms with Crippen LogP contribution in [0.25, 0.3) is 0 Å². The summed E-state index contributed by atoms with van der Waals surface area (Å²) in [7, 11) is 0. The number of hydrogen-bond acceptors (Lipinski definition) is 3. The van der Waals surface area contributed by atoms with E-state index in [4.69, 9.17) is 27.9 Å². The maximum atomic E-state index is 6.29. The molecule has 2 rings (SSSR count). The Morgan fingerprint density at radius 3 is 3.00 bits per heavy atom. The molecule has 1 aromatic heterocycles. The summed E-state index contributed by atoms with van der Waals surface area (Å²) in [5.41, 5.74) is 0.884. The van der Waals surface area contributed by atoms with Gasteiger partial charge in [-0.05, 0) is 31.9 Å². The maximum Gasteiger partial charge on any atom is 0.0763 e. The topological polar surface area (TPSA) is 34.2 Å². The summed E-state index contributed by atoms with van der Waals surface area (Å²) in [6.07, 6.45) is 4.98. The van der Waals surface area contributed by atoms with E-state index in [-0.39, 0.29) is 6.04 Å². The molecule has 0 spiro atoms. The number of aromatic nitrogens is 1. The zero-order chi connectivity index (χ0) is 13.7. The quantitative estimate of drug-likeness (QED) is 0.897. The summed E-state index contributed by atoms with van der Waals surface area (Å²) >= 11 is 12.2. The van der Waals surface area contributed by atoms with Crippen molar-refractivity contribution in [3.8, 4) is 0 Å². The Hall–Kier alpha value is -0.350. The molecular formula is C14H20Cl2N2O. The SMILES string of the molecule is CCCNC(c1ncc(Cl)cc1Cl)C1CCCOC1. The van der Waals surface area contributed by atoms with Gasteiger partial charge in [-0.25, -0.2) is 0 Å². The van der Waals surface area contributed by atoms with Crippen LogP contribution in [0.15, 0.2) is 12.3 Å². The summed E-state index contributed by atoms with van der Waals surface area (Å²) in [5.74, 6) is 0.423. The molecule has 2 unspecified atom stereocenters. The van der Waals surface area contributed by atoms with E-state index in [2.05, 4.69) is 17.2 Å². The molecule has 0 radical (unpaired) electrons. The first-order valence-electron chi connectivity index (χ1n) is 6.84. The standard InChI is InChI=1S/C14H20Cl2N2O/c1-2-5-17-13(10-4-3-6-19-9-10)14-12(16)7-11(15)8-18-14/h7-8,10,13,17H,2-6,9H2,1H3. The van der Waals surface area contributed by atoms with Crippen LogP contribution in [-0.4, -0.2) is 24.7 Å². The van der Waals surface area contributed by atoms with Crippen molar-refractivity contribution in [3.63, 3.8) is 0 Å². The Morgan fingerprint density at radius 2 is 2.37 bits per heavy atom. The molecule has 0 saturated carbocycles. The van der Waals surface area contributed by atoms with Gasteiger partial charge in [0.25, 0.3) is 0 Å². The normalized spacial score (nSPS) is 21.3. The van der Waals surface area contributed by atoms with E-state index in [0.717, 1.165) is 44.7 Å². The summed E-state index contributed by atoms with van der Waals surface area (Å²) in [6, 6.07) is 1.90. The first kappa shape index (κ1) is 15.0. The molecule has 0 bridgehead atoms. The molecule has 1 aliphatic rings. The average Bonchev–Trinajstić information content (AvgIpc) is 2.42. The van der Waals surface area contributed by atoms with Gasteiger partial charge in [0.15, 0.2) is 0 Å². The summed E-state index contributed by atoms with van der Waals surface area (Å²) in [4.78, 5) is 4.42. The molecule has 2 atom stereocenters. The van der Waals surface area contributed by atoms with E-state index in [1.165, 1.54) is 0 Å². The van der Waals surface area contributed by atoms with Crippen LogP contribution >= 0.6 is 23.2 Å². The highest BCUT2D eigenvalue weighted by molar-refractivity contribution is 6.34. The van der Waals surface area contributed by atoms with Crippen molar-refractivity contribution < 1.29 is 4.74 Å². The summed E-state index contributed by atoms with van der Waals surface area (Å²) < 4.78 is 5.59. The van der Waals surface area contributed by atoms with Gasteiger partial charge < -0.3 is 10.1 Å². The molecule has 1 saturated heterocycles. The highest BCUT2D eigenvalue weighted by Crippen LogP contribution is 2.32. The minimum absolute atomic E-state index is 0.144. The first-order chi connectivity index (χ1) is 9.22. The van der Waals surface area contributed by atoms with Gasteiger partial charge in [-0.2, -0.15) is 0 Å². The van der Waals surface area contributed by atoms with Gasteiger partial charge in [-0.3, -0.25) is 4.98 Å². The lowest BCUT2D eigenvalue weighted by molar-refractivity contribution is 0.0384. The number of pyridine rings is 1. The molecule has 0 aromatic carbocycles. The zero-order valence-electron chi connectivity index (χ0n) is 11.2. The smallest absolute Gasteiger partial charge is 0.0763 e. The van der Waals surface area contributed by atoms with E-state index in [9.17, 15) is 0 Å². The molecule has 2 heterocycles. The van der Waals surface area contributed by atoms with Gasteiger partial charge in [0.05, 0.1) is 28.4 Å². The van der Waals surface area contributed by atoms with Crippen molar-refractivity contribution in [3.05, 3.63) is 28.0 Å². The second kappa shape index (κ2) is 7.44. The van der Waals surface area contributed by atoms with Gasteiger partial charge in [-0.1, -0.05) is 30.1 Å². The number of halogens is 2. The number of hydrogen-bond donors (Lipinski definition) is 1. The van der Waals surface area contributed by atoms with E-state index < -0.39 is 0 Å². The average molecular weight is 303 g/mol. The monoisotopic (exact) mass is 302 g/mol. The fourth-order valence-electron chi connectivity index (χ4n) is 2.47. The number of nitrogens with zero attached hydrogens (tertiary/aromatic N) is 1. The minimum atomic E-state index is 0.144. The van der Waals surface area contributed by atoms with Gasteiger partial charge >= 0.3 is 0 Å². The van der Waals surface area contributed by atoms with Crippen LogP contribution in [0.5, 0.6) is 0 Å². The Labute approximate surface area is 124 Å². The highest BCUT2D eigenvalue weighted by atomic mass is 35.5. The lowest BCUT2D eigenvalue weighted by Crippen LogP contribution is -2.34. The van der Waals surface area contributed by atoms with Gasteiger partial charge in [0, 0.05) is 18.7 Å². The van der Waals surface area contributed by atoms with Gasteiger partial charge in [0.1, 0.15) is 0 Å². The predicted molar refractivity (Wildman–Crippen MR) is 78.8 cm³/mol. The van der Waals surface area contributed by atoms with Crippen molar-refractivity contribution >= 4 is 23.2 Å². The van der Waals surface area contributed by atoms with E-state index in [1.807, 2.05) is 0 Å². The van der Waals surface area contributed by atoms with E-state index in [0.29, 0.717) is 16.0 Å². The summed E-state index contributed by atoms with van der Waals surface area (Å²) in [6.45, 7) is 4.72. The lowest BCUT2D eigenvalue weighted by Gasteiger charge is -2.31. The van der Waals surface area contributed by atoms with Gasteiger partial charge in [-0.15, -0.1) is 0 Å².